The fourth-order valence-electron chi connectivity index (χ4n) is 2.70. The summed E-state index contributed by atoms with van der Waals surface area (Å²) in [4.78, 5) is 12.9. The van der Waals surface area contributed by atoms with E-state index in [9.17, 15) is 4.79 Å². The van der Waals surface area contributed by atoms with Crippen LogP contribution in [-0.2, 0) is 4.79 Å². The number of hydrogen-bond acceptors (Lipinski definition) is 2. The molecule has 1 aliphatic heterocycles. The second-order valence-corrected chi connectivity index (χ2v) is 5.84. The lowest BCUT2D eigenvalue weighted by Gasteiger charge is -2.40. The van der Waals surface area contributed by atoms with Crippen LogP contribution in [0.25, 0.3) is 6.08 Å². The first kappa shape index (κ1) is 14.9. The van der Waals surface area contributed by atoms with Crippen molar-refractivity contribution in [3.8, 4) is 0 Å². The van der Waals surface area contributed by atoms with Gasteiger partial charge >= 0.3 is 5.97 Å². The highest BCUT2D eigenvalue weighted by atomic mass is 35.5. The Balaban J connectivity index is 2.23. The predicted molar refractivity (Wildman–Crippen MR) is 83.3 cm³/mol. The van der Waals surface area contributed by atoms with Crippen LogP contribution in [0.3, 0.4) is 0 Å². The fourth-order valence-corrected chi connectivity index (χ4v) is 3.00. The molecule has 0 bridgehead atoms. The Kier molecular flexibility index (Phi) is 4.71. The molecule has 1 heterocycles. The lowest BCUT2D eigenvalue weighted by atomic mass is 9.91. The number of nitrogens with zero attached hydrogens (tertiary/aromatic N) is 1. The first-order valence-electron chi connectivity index (χ1n) is 6.96. The van der Waals surface area contributed by atoms with Gasteiger partial charge in [-0.3, -0.25) is 0 Å². The van der Waals surface area contributed by atoms with Gasteiger partial charge in [-0.25, -0.2) is 4.79 Å². The number of hydrogen-bond donors (Lipinski definition) is 1. The van der Waals surface area contributed by atoms with Gasteiger partial charge in [-0.1, -0.05) is 24.6 Å². The standard InChI is InChI=1S/C16H20ClNO2/c1-11-4-3-9-18(12(11)2)15-7-5-13(10-14(15)17)6-8-16(19)20/h5-8,10-12H,3-4,9H2,1-2H3,(H,19,20)/b8-6+. The van der Waals surface area contributed by atoms with E-state index in [0.717, 1.165) is 23.9 Å². The summed E-state index contributed by atoms with van der Waals surface area (Å²) in [5.41, 5.74) is 1.84. The zero-order chi connectivity index (χ0) is 14.7. The van der Waals surface area contributed by atoms with Crippen LogP contribution in [0.4, 0.5) is 5.69 Å². The number of carboxylic acid groups (broad SMARTS) is 1. The number of piperidine rings is 1. The average Bonchev–Trinajstić information content (AvgIpc) is 2.40. The lowest BCUT2D eigenvalue weighted by Crippen LogP contribution is -2.42. The Morgan fingerprint density at radius 2 is 2.20 bits per heavy atom. The third kappa shape index (κ3) is 3.34. The smallest absolute Gasteiger partial charge is 0.328 e. The molecule has 20 heavy (non-hydrogen) atoms. The number of anilines is 1. The van der Waals surface area contributed by atoms with Gasteiger partial charge in [0.2, 0.25) is 0 Å². The number of halogens is 1. The average molecular weight is 294 g/mol. The van der Waals surface area contributed by atoms with Crippen LogP contribution in [0.15, 0.2) is 24.3 Å². The molecule has 1 aromatic carbocycles. The Bertz CT molecular complexity index is 527. The minimum Gasteiger partial charge on any atom is -0.478 e. The zero-order valence-corrected chi connectivity index (χ0v) is 12.6. The fraction of sp³-hybridized carbons (Fsp3) is 0.438. The van der Waals surface area contributed by atoms with Crippen LogP contribution in [0, 0.1) is 5.92 Å². The van der Waals surface area contributed by atoms with Crippen molar-refractivity contribution in [3.63, 3.8) is 0 Å². The van der Waals surface area contributed by atoms with Gasteiger partial charge < -0.3 is 10.0 Å². The summed E-state index contributed by atoms with van der Waals surface area (Å²) in [6.45, 7) is 5.53. The lowest BCUT2D eigenvalue weighted by molar-refractivity contribution is -0.131. The van der Waals surface area contributed by atoms with Gasteiger partial charge in [-0.15, -0.1) is 0 Å². The summed E-state index contributed by atoms with van der Waals surface area (Å²) in [5.74, 6) is -0.296. The molecule has 1 aromatic rings. The first-order valence-corrected chi connectivity index (χ1v) is 7.34. The van der Waals surface area contributed by atoms with Crippen LogP contribution >= 0.6 is 11.6 Å². The number of benzene rings is 1. The third-order valence-electron chi connectivity index (χ3n) is 4.07. The van der Waals surface area contributed by atoms with E-state index >= 15 is 0 Å². The highest BCUT2D eigenvalue weighted by molar-refractivity contribution is 6.33. The van der Waals surface area contributed by atoms with Gasteiger partial charge in [-0.2, -0.15) is 0 Å². The van der Waals surface area contributed by atoms with Crippen molar-refractivity contribution in [1.82, 2.24) is 0 Å². The highest BCUT2D eigenvalue weighted by Gasteiger charge is 2.25. The van der Waals surface area contributed by atoms with E-state index in [1.165, 1.54) is 12.8 Å². The second-order valence-electron chi connectivity index (χ2n) is 5.44. The van der Waals surface area contributed by atoms with E-state index in [-0.39, 0.29) is 0 Å². The second kappa shape index (κ2) is 6.31. The van der Waals surface area contributed by atoms with Crippen LogP contribution in [0.2, 0.25) is 5.02 Å². The Morgan fingerprint density at radius 3 is 2.85 bits per heavy atom. The summed E-state index contributed by atoms with van der Waals surface area (Å²) >= 11 is 6.37. The normalized spacial score (nSPS) is 23.2. The maximum absolute atomic E-state index is 10.5. The molecule has 0 amide bonds. The Hall–Kier alpha value is -1.48. The third-order valence-corrected chi connectivity index (χ3v) is 4.38. The largest absolute Gasteiger partial charge is 0.478 e. The van der Waals surface area contributed by atoms with Crippen molar-refractivity contribution in [2.45, 2.75) is 32.7 Å². The topological polar surface area (TPSA) is 40.5 Å². The Morgan fingerprint density at radius 1 is 1.45 bits per heavy atom. The predicted octanol–water partition coefficient (Wildman–Crippen LogP) is 4.06. The molecule has 4 heteroatoms. The van der Waals surface area contributed by atoms with Crippen LogP contribution in [-0.4, -0.2) is 23.7 Å². The van der Waals surface area contributed by atoms with Gasteiger partial charge in [0.15, 0.2) is 0 Å². The molecule has 108 valence electrons. The summed E-state index contributed by atoms with van der Waals surface area (Å²) in [6, 6.07) is 6.19. The van der Waals surface area contributed by atoms with Crippen LogP contribution in [0.5, 0.6) is 0 Å². The molecule has 2 rings (SSSR count). The van der Waals surface area contributed by atoms with Gasteiger partial charge in [0.1, 0.15) is 0 Å². The summed E-state index contributed by atoms with van der Waals surface area (Å²) in [6.07, 6.45) is 5.12. The number of aliphatic carboxylic acids is 1. The Labute approximate surface area is 124 Å². The molecule has 1 aliphatic rings. The van der Waals surface area contributed by atoms with E-state index in [1.807, 2.05) is 18.2 Å². The van der Waals surface area contributed by atoms with Crippen molar-refractivity contribution in [2.24, 2.45) is 5.92 Å². The summed E-state index contributed by atoms with van der Waals surface area (Å²) < 4.78 is 0. The molecule has 1 fully saturated rings. The van der Waals surface area contributed by atoms with E-state index in [2.05, 4.69) is 18.7 Å². The van der Waals surface area contributed by atoms with Crippen LogP contribution in [0.1, 0.15) is 32.3 Å². The maximum Gasteiger partial charge on any atom is 0.328 e. The van der Waals surface area contributed by atoms with Gasteiger partial charge in [0.05, 0.1) is 10.7 Å². The molecule has 2 unspecified atom stereocenters. The van der Waals surface area contributed by atoms with E-state index in [0.29, 0.717) is 17.0 Å². The molecule has 3 nitrogen and oxygen atoms in total. The van der Waals surface area contributed by atoms with Crippen molar-refractivity contribution >= 4 is 29.3 Å². The number of rotatable bonds is 3. The van der Waals surface area contributed by atoms with E-state index in [4.69, 9.17) is 16.7 Å². The van der Waals surface area contributed by atoms with E-state index < -0.39 is 5.97 Å². The minimum atomic E-state index is -0.955. The van der Waals surface area contributed by atoms with Crippen molar-refractivity contribution in [2.75, 3.05) is 11.4 Å². The quantitative estimate of drug-likeness (QED) is 0.854. The van der Waals surface area contributed by atoms with Gasteiger partial charge in [0, 0.05) is 18.7 Å². The number of carbonyl (C=O) groups is 1. The first-order chi connectivity index (χ1) is 9.49. The maximum atomic E-state index is 10.5. The van der Waals surface area contributed by atoms with Crippen molar-refractivity contribution < 1.29 is 9.90 Å². The molecule has 0 radical (unpaired) electrons. The summed E-state index contributed by atoms with van der Waals surface area (Å²) in [7, 11) is 0. The highest BCUT2D eigenvalue weighted by Crippen LogP contribution is 2.34. The molecule has 0 saturated carbocycles. The molecule has 2 atom stereocenters. The van der Waals surface area contributed by atoms with Crippen molar-refractivity contribution in [3.05, 3.63) is 34.9 Å². The number of carboxylic acids is 1. The molecule has 0 aliphatic carbocycles. The molecule has 0 aromatic heterocycles. The molecular weight excluding hydrogens is 274 g/mol. The van der Waals surface area contributed by atoms with Crippen molar-refractivity contribution in [1.29, 1.82) is 0 Å². The molecule has 1 N–H and O–H groups in total. The van der Waals surface area contributed by atoms with Gasteiger partial charge in [0.25, 0.3) is 0 Å². The zero-order valence-electron chi connectivity index (χ0n) is 11.8. The molecular formula is C16H20ClNO2. The monoisotopic (exact) mass is 293 g/mol. The van der Waals surface area contributed by atoms with Crippen LogP contribution < -0.4 is 4.90 Å². The SMILES string of the molecule is CC1CCCN(c2ccc(/C=C/C(=O)O)cc2Cl)C1C. The minimum absolute atomic E-state index is 0.474. The van der Waals surface area contributed by atoms with E-state index in [1.54, 1.807) is 6.08 Å². The summed E-state index contributed by atoms with van der Waals surface area (Å²) in [5, 5.41) is 9.32. The molecule has 0 spiro atoms. The molecule has 1 saturated heterocycles. The van der Waals surface area contributed by atoms with Gasteiger partial charge in [-0.05, 0) is 49.5 Å².